The normalized spacial score (nSPS) is 37.4. The van der Waals surface area contributed by atoms with Crippen LogP contribution in [0, 0.1) is 11.8 Å². The Morgan fingerprint density at radius 1 is 1.20 bits per heavy atom. The molecule has 0 aromatic carbocycles. The first-order chi connectivity index (χ1) is 7.27. The van der Waals surface area contributed by atoms with Crippen LogP contribution in [0.2, 0.25) is 0 Å². The molecule has 1 N–H and O–H groups in total. The lowest BCUT2D eigenvalue weighted by molar-refractivity contribution is 0.153. The van der Waals surface area contributed by atoms with Crippen molar-refractivity contribution >= 4 is 0 Å². The minimum Gasteiger partial charge on any atom is -0.315 e. The smallest absolute Gasteiger partial charge is 0.0229 e. The van der Waals surface area contributed by atoms with Crippen molar-refractivity contribution in [3.05, 3.63) is 0 Å². The fourth-order valence-corrected chi connectivity index (χ4v) is 3.20. The van der Waals surface area contributed by atoms with Crippen molar-refractivity contribution in [1.29, 1.82) is 0 Å². The van der Waals surface area contributed by atoms with Gasteiger partial charge < -0.3 is 10.2 Å². The van der Waals surface area contributed by atoms with E-state index >= 15 is 0 Å². The molecule has 0 aromatic heterocycles. The van der Waals surface area contributed by atoms with Gasteiger partial charge in [-0.3, -0.25) is 0 Å². The average Bonchev–Trinajstić information content (AvgIpc) is 2.74. The highest BCUT2D eigenvalue weighted by Crippen LogP contribution is 2.30. The maximum Gasteiger partial charge on any atom is 0.0229 e. The molecule has 3 unspecified atom stereocenters. The van der Waals surface area contributed by atoms with Gasteiger partial charge in [-0.1, -0.05) is 26.2 Å². The van der Waals surface area contributed by atoms with E-state index in [1.807, 2.05) is 0 Å². The van der Waals surface area contributed by atoms with Gasteiger partial charge >= 0.3 is 0 Å². The van der Waals surface area contributed by atoms with E-state index in [4.69, 9.17) is 0 Å². The van der Waals surface area contributed by atoms with Gasteiger partial charge in [-0.25, -0.2) is 0 Å². The second kappa shape index (κ2) is 5.31. The van der Waals surface area contributed by atoms with Crippen LogP contribution in [0.1, 0.15) is 39.0 Å². The Morgan fingerprint density at radius 3 is 2.67 bits per heavy atom. The van der Waals surface area contributed by atoms with Gasteiger partial charge in [-0.15, -0.1) is 0 Å². The van der Waals surface area contributed by atoms with Gasteiger partial charge in [0, 0.05) is 19.1 Å². The molecule has 1 aliphatic heterocycles. The third kappa shape index (κ3) is 2.94. The first-order valence-corrected chi connectivity index (χ1v) is 6.68. The van der Waals surface area contributed by atoms with E-state index in [-0.39, 0.29) is 0 Å². The van der Waals surface area contributed by atoms with Crippen LogP contribution in [0.5, 0.6) is 0 Å². The average molecular weight is 210 g/mol. The van der Waals surface area contributed by atoms with Gasteiger partial charge in [-0.2, -0.15) is 0 Å². The van der Waals surface area contributed by atoms with Crippen LogP contribution in [0.3, 0.4) is 0 Å². The van der Waals surface area contributed by atoms with E-state index in [9.17, 15) is 0 Å². The number of nitrogens with zero attached hydrogens (tertiary/aromatic N) is 1. The molecule has 88 valence electrons. The van der Waals surface area contributed by atoms with E-state index in [2.05, 4.69) is 24.2 Å². The van der Waals surface area contributed by atoms with Crippen LogP contribution in [-0.2, 0) is 0 Å². The molecule has 1 aliphatic carbocycles. The van der Waals surface area contributed by atoms with Gasteiger partial charge in [0.05, 0.1) is 0 Å². The van der Waals surface area contributed by atoms with Crippen LogP contribution in [0.25, 0.3) is 0 Å². The van der Waals surface area contributed by atoms with Crippen molar-refractivity contribution in [2.75, 3.05) is 26.7 Å². The molecular weight excluding hydrogens is 184 g/mol. The molecule has 0 radical (unpaired) electrons. The monoisotopic (exact) mass is 210 g/mol. The summed E-state index contributed by atoms with van der Waals surface area (Å²) in [5, 5.41) is 3.46. The summed E-state index contributed by atoms with van der Waals surface area (Å²) in [6.07, 6.45) is 7.20. The number of nitrogens with one attached hydrogen (secondary N) is 1. The van der Waals surface area contributed by atoms with Crippen molar-refractivity contribution in [2.45, 2.75) is 45.1 Å². The van der Waals surface area contributed by atoms with Gasteiger partial charge in [0.25, 0.3) is 0 Å². The zero-order chi connectivity index (χ0) is 10.7. The summed E-state index contributed by atoms with van der Waals surface area (Å²) < 4.78 is 0. The molecule has 15 heavy (non-hydrogen) atoms. The van der Waals surface area contributed by atoms with Gasteiger partial charge in [0.15, 0.2) is 0 Å². The zero-order valence-corrected chi connectivity index (χ0v) is 10.3. The fraction of sp³-hybridized carbons (Fsp3) is 1.00. The number of hydrogen-bond acceptors (Lipinski definition) is 2. The predicted molar refractivity (Wildman–Crippen MR) is 65.0 cm³/mol. The first-order valence-electron chi connectivity index (χ1n) is 6.68. The molecule has 2 nitrogen and oxygen atoms in total. The van der Waals surface area contributed by atoms with Gasteiger partial charge in [0.1, 0.15) is 0 Å². The molecule has 2 heteroatoms. The Hall–Kier alpha value is -0.0800. The zero-order valence-electron chi connectivity index (χ0n) is 10.3. The van der Waals surface area contributed by atoms with Crippen LogP contribution in [-0.4, -0.2) is 37.6 Å². The molecule has 1 saturated heterocycles. The molecule has 0 amide bonds. The second-order valence-electron chi connectivity index (χ2n) is 5.61. The van der Waals surface area contributed by atoms with Gasteiger partial charge in [-0.05, 0) is 38.3 Å². The quantitative estimate of drug-likeness (QED) is 0.767. The lowest BCUT2D eigenvalue weighted by Crippen LogP contribution is -2.39. The van der Waals surface area contributed by atoms with Crippen LogP contribution >= 0.6 is 0 Å². The number of rotatable bonds is 3. The van der Waals surface area contributed by atoms with Crippen molar-refractivity contribution in [2.24, 2.45) is 11.8 Å². The maximum absolute atomic E-state index is 3.46. The Morgan fingerprint density at radius 2 is 2.00 bits per heavy atom. The Bertz CT molecular complexity index is 187. The molecular formula is C13H26N2. The Balaban J connectivity index is 1.78. The van der Waals surface area contributed by atoms with Crippen molar-refractivity contribution in [1.82, 2.24) is 10.2 Å². The minimum atomic E-state index is 0.805. The number of likely N-dealkylation sites (N-methyl/N-ethyl adjacent to an activating group) is 1. The van der Waals surface area contributed by atoms with Crippen LogP contribution in [0.4, 0.5) is 0 Å². The topological polar surface area (TPSA) is 15.3 Å². The molecule has 0 aromatic rings. The molecule has 3 atom stereocenters. The lowest BCUT2D eigenvalue weighted by Gasteiger charge is -2.34. The van der Waals surface area contributed by atoms with Crippen molar-refractivity contribution < 1.29 is 0 Å². The molecule has 2 rings (SSSR count). The highest BCUT2D eigenvalue weighted by molar-refractivity contribution is 4.82. The molecule has 1 heterocycles. The fourth-order valence-electron chi connectivity index (χ4n) is 3.20. The second-order valence-corrected chi connectivity index (χ2v) is 5.61. The van der Waals surface area contributed by atoms with E-state index in [0.717, 1.165) is 17.9 Å². The van der Waals surface area contributed by atoms with E-state index in [1.54, 1.807) is 0 Å². The summed E-state index contributed by atoms with van der Waals surface area (Å²) in [5.74, 6) is 1.92. The van der Waals surface area contributed by atoms with E-state index < -0.39 is 0 Å². The SMILES string of the molecule is CC1CCCCC1CN(C)C1CCNC1. The highest BCUT2D eigenvalue weighted by atomic mass is 15.2. The summed E-state index contributed by atoms with van der Waals surface area (Å²) in [6.45, 7) is 6.20. The molecule has 0 spiro atoms. The van der Waals surface area contributed by atoms with Crippen molar-refractivity contribution in [3.63, 3.8) is 0 Å². The van der Waals surface area contributed by atoms with Crippen LogP contribution in [0.15, 0.2) is 0 Å². The van der Waals surface area contributed by atoms with Crippen molar-refractivity contribution in [3.8, 4) is 0 Å². The van der Waals surface area contributed by atoms with E-state index in [1.165, 1.54) is 51.7 Å². The molecule has 1 saturated carbocycles. The summed E-state index contributed by atoms with van der Waals surface area (Å²) in [5.41, 5.74) is 0. The minimum absolute atomic E-state index is 0.805. The largest absolute Gasteiger partial charge is 0.315 e. The predicted octanol–water partition coefficient (Wildman–Crippen LogP) is 2.11. The molecule has 2 aliphatic rings. The highest BCUT2D eigenvalue weighted by Gasteiger charge is 2.26. The lowest BCUT2D eigenvalue weighted by atomic mass is 9.80. The third-order valence-electron chi connectivity index (χ3n) is 4.47. The van der Waals surface area contributed by atoms with E-state index in [0.29, 0.717) is 0 Å². The summed E-state index contributed by atoms with van der Waals surface area (Å²) in [6, 6.07) is 0.805. The Labute approximate surface area is 94.4 Å². The summed E-state index contributed by atoms with van der Waals surface area (Å²) in [4.78, 5) is 2.60. The summed E-state index contributed by atoms with van der Waals surface area (Å²) in [7, 11) is 2.32. The standard InChI is InChI=1S/C13H26N2/c1-11-5-3-4-6-12(11)10-15(2)13-7-8-14-9-13/h11-14H,3-10H2,1-2H3. The first kappa shape index (κ1) is 11.4. The maximum atomic E-state index is 3.46. The molecule has 2 fully saturated rings. The van der Waals surface area contributed by atoms with Crippen LogP contribution < -0.4 is 5.32 Å². The summed E-state index contributed by atoms with van der Waals surface area (Å²) >= 11 is 0. The van der Waals surface area contributed by atoms with Gasteiger partial charge in [0.2, 0.25) is 0 Å². The number of hydrogen-bond donors (Lipinski definition) is 1. The molecule has 0 bridgehead atoms. The third-order valence-corrected chi connectivity index (χ3v) is 4.47. The Kier molecular flexibility index (Phi) is 4.04.